The smallest absolute Gasteiger partial charge is 0.317 e. The number of amides is 3. The van der Waals surface area contributed by atoms with Crippen molar-refractivity contribution in [2.45, 2.75) is 26.3 Å². The van der Waals surface area contributed by atoms with E-state index >= 15 is 0 Å². The monoisotopic (exact) mass is 293 g/mol. The second-order valence-electron chi connectivity index (χ2n) is 5.27. The Balaban J connectivity index is 1.97. The van der Waals surface area contributed by atoms with Crippen molar-refractivity contribution in [3.8, 4) is 0 Å². The quantitative estimate of drug-likeness (QED) is 0.872. The molecule has 0 spiro atoms. The minimum Gasteiger partial charge on any atom is -0.354 e. The van der Waals surface area contributed by atoms with Crippen LogP contribution in [0.4, 0.5) is 9.18 Å². The Kier molecular flexibility index (Phi) is 4.77. The Morgan fingerprint density at radius 3 is 2.90 bits per heavy atom. The van der Waals surface area contributed by atoms with Gasteiger partial charge in [0.15, 0.2) is 0 Å². The lowest BCUT2D eigenvalue weighted by atomic mass is 10.1. The molecule has 2 N–H and O–H groups in total. The molecule has 1 aromatic carbocycles. The maximum atomic E-state index is 13.6. The highest BCUT2D eigenvalue weighted by Gasteiger charge is 2.20. The number of aryl methyl sites for hydroxylation is 1. The molecule has 0 saturated carbocycles. The van der Waals surface area contributed by atoms with Crippen LogP contribution in [0.3, 0.4) is 0 Å². The van der Waals surface area contributed by atoms with Gasteiger partial charge in [-0.15, -0.1) is 0 Å². The van der Waals surface area contributed by atoms with Gasteiger partial charge >= 0.3 is 6.03 Å². The molecule has 0 radical (unpaired) electrons. The number of nitrogens with one attached hydrogen (secondary N) is 2. The third kappa shape index (κ3) is 3.93. The molecule has 6 heteroatoms. The molecule has 21 heavy (non-hydrogen) atoms. The molecule has 0 aromatic heterocycles. The largest absolute Gasteiger partial charge is 0.354 e. The maximum absolute atomic E-state index is 13.6. The van der Waals surface area contributed by atoms with E-state index in [0.29, 0.717) is 31.6 Å². The minimum absolute atomic E-state index is 0.0426. The number of hydrogen-bond donors (Lipinski definition) is 2. The average molecular weight is 293 g/mol. The van der Waals surface area contributed by atoms with Crippen LogP contribution in [0.1, 0.15) is 30.5 Å². The van der Waals surface area contributed by atoms with Crippen molar-refractivity contribution < 1.29 is 14.0 Å². The van der Waals surface area contributed by atoms with Gasteiger partial charge in [0, 0.05) is 26.1 Å². The first kappa shape index (κ1) is 15.3. The maximum Gasteiger partial charge on any atom is 0.317 e. The van der Waals surface area contributed by atoms with E-state index in [0.717, 1.165) is 5.56 Å². The zero-order chi connectivity index (χ0) is 15.4. The highest BCUT2D eigenvalue weighted by Crippen LogP contribution is 2.16. The highest BCUT2D eigenvalue weighted by atomic mass is 19.1. The molecule has 1 aliphatic rings. The summed E-state index contributed by atoms with van der Waals surface area (Å²) in [5, 5.41) is 5.55. The second kappa shape index (κ2) is 6.56. The fourth-order valence-electron chi connectivity index (χ4n) is 2.21. The van der Waals surface area contributed by atoms with Crippen LogP contribution in [0.25, 0.3) is 0 Å². The number of urea groups is 1. The summed E-state index contributed by atoms with van der Waals surface area (Å²) in [4.78, 5) is 25.0. The number of benzene rings is 1. The highest BCUT2D eigenvalue weighted by molar-refractivity contribution is 5.79. The van der Waals surface area contributed by atoms with Crippen molar-refractivity contribution in [1.82, 2.24) is 15.5 Å². The van der Waals surface area contributed by atoms with Crippen molar-refractivity contribution >= 4 is 11.9 Å². The third-order valence-electron chi connectivity index (χ3n) is 3.64. The molecule has 3 amide bonds. The van der Waals surface area contributed by atoms with Crippen LogP contribution >= 0.6 is 0 Å². The summed E-state index contributed by atoms with van der Waals surface area (Å²) in [5.41, 5.74) is 1.30. The predicted octanol–water partition coefficient (Wildman–Crippen LogP) is 1.73. The van der Waals surface area contributed by atoms with Crippen LogP contribution < -0.4 is 10.6 Å². The van der Waals surface area contributed by atoms with E-state index in [2.05, 4.69) is 10.6 Å². The fourth-order valence-corrected chi connectivity index (χ4v) is 2.21. The number of rotatable bonds is 2. The van der Waals surface area contributed by atoms with E-state index in [-0.39, 0.29) is 23.8 Å². The predicted molar refractivity (Wildman–Crippen MR) is 77.3 cm³/mol. The van der Waals surface area contributed by atoms with Gasteiger partial charge in [-0.3, -0.25) is 4.79 Å². The summed E-state index contributed by atoms with van der Waals surface area (Å²) < 4.78 is 13.6. The number of hydrogen-bond acceptors (Lipinski definition) is 2. The van der Waals surface area contributed by atoms with Crippen molar-refractivity contribution in [1.29, 1.82) is 0 Å². The average Bonchev–Trinajstić information content (AvgIpc) is 2.66. The first-order chi connectivity index (χ1) is 9.97. The molecule has 0 bridgehead atoms. The van der Waals surface area contributed by atoms with Crippen LogP contribution in [0.15, 0.2) is 18.2 Å². The van der Waals surface area contributed by atoms with Crippen molar-refractivity contribution in [3.63, 3.8) is 0 Å². The summed E-state index contributed by atoms with van der Waals surface area (Å²) >= 11 is 0. The summed E-state index contributed by atoms with van der Waals surface area (Å²) in [7, 11) is 0. The Labute approximate surface area is 123 Å². The molecule has 1 saturated heterocycles. The summed E-state index contributed by atoms with van der Waals surface area (Å²) in [6.07, 6.45) is 0.307. The van der Waals surface area contributed by atoms with E-state index in [1.165, 1.54) is 6.07 Å². The van der Waals surface area contributed by atoms with E-state index < -0.39 is 0 Å². The second-order valence-corrected chi connectivity index (χ2v) is 5.27. The van der Waals surface area contributed by atoms with Crippen LogP contribution in [-0.2, 0) is 4.79 Å². The number of halogens is 1. The minimum atomic E-state index is -0.292. The van der Waals surface area contributed by atoms with Gasteiger partial charge in [0.1, 0.15) is 5.82 Å². The molecule has 0 aliphatic carbocycles. The molecule has 1 heterocycles. The van der Waals surface area contributed by atoms with Gasteiger partial charge in [0.2, 0.25) is 5.91 Å². The summed E-state index contributed by atoms with van der Waals surface area (Å²) in [6, 6.07) is 4.41. The molecular formula is C15H20FN3O2. The fraction of sp³-hybridized carbons (Fsp3) is 0.467. The molecule has 1 atom stereocenters. The van der Waals surface area contributed by atoms with Crippen LogP contribution in [0, 0.1) is 12.7 Å². The number of carbonyl (C=O) groups excluding carboxylic acids is 2. The number of nitrogens with zero attached hydrogens (tertiary/aromatic N) is 1. The Bertz CT molecular complexity index is 548. The van der Waals surface area contributed by atoms with Crippen LogP contribution in [0.2, 0.25) is 0 Å². The van der Waals surface area contributed by atoms with E-state index in [1.807, 2.05) is 6.92 Å². The van der Waals surface area contributed by atoms with E-state index in [9.17, 15) is 14.0 Å². The van der Waals surface area contributed by atoms with Crippen LogP contribution in [0.5, 0.6) is 0 Å². The Morgan fingerprint density at radius 1 is 1.43 bits per heavy atom. The lowest BCUT2D eigenvalue weighted by Crippen LogP contribution is -2.42. The van der Waals surface area contributed by atoms with Gasteiger partial charge in [0.05, 0.1) is 6.04 Å². The third-order valence-corrected chi connectivity index (χ3v) is 3.64. The molecule has 0 unspecified atom stereocenters. The van der Waals surface area contributed by atoms with Gasteiger partial charge in [-0.2, -0.15) is 0 Å². The van der Waals surface area contributed by atoms with Gasteiger partial charge in [0.25, 0.3) is 0 Å². The standard InChI is InChI=1S/C15H20FN3O2/c1-10-3-4-12(9-13(10)16)11(2)18-15(21)19-7-5-14(20)17-6-8-19/h3-4,9,11H,5-8H2,1-2H3,(H,17,20)(H,18,21)/t11-/m0/s1. The Morgan fingerprint density at radius 2 is 2.19 bits per heavy atom. The van der Waals surface area contributed by atoms with Gasteiger partial charge in [-0.1, -0.05) is 12.1 Å². The lowest BCUT2D eigenvalue weighted by molar-refractivity contribution is -0.120. The lowest BCUT2D eigenvalue weighted by Gasteiger charge is -2.23. The van der Waals surface area contributed by atoms with Crippen molar-refractivity contribution in [3.05, 3.63) is 35.1 Å². The van der Waals surface area contributed by atoms with Crippen LogP contribution in [-0.4, -0.2) is 36.5 Å². The van der Waals surface area contributed by atoms with Gasteiger partial charge in [-0.25, -0.2) is 9.18 Å². The topological polar surface area (TPSA) is 61.4 Å². The van der Waals surface area contributed by atoms with E-state index in [4.69, 9.17) is 0 Å². The zero-order valence-electron chi connectivity index (χ0n) is 12.3. The molecule has 5 nitrogen and oxygen atoms in total. The first-order valence-electron chi connectivity index (χ1n) is 7.05. The van der Waals surface area contributed by atoms with Gasteiger partial charge < -0.3 is 15.5 Å². The summed E-state index contributed by atoms with van der Waals surface area (Å²) in [6.45, 7) is 4.84. The zero-order valence-corrected chi connectivity index (χ0v) is 12.3. The van der Waals surface area contributed by atoms with Crippen molar-refractivity contribution in [2.24, 2.45) is 0 Å². The molecule has 1 aromatic rings. The molecule has 2 rings (SSSR count). The van der Waals surface area contributed by atoms with E-state index in [1.54, 1.807) is 24.0 Å². The molecule has 114 valence electrons. The first-order valence-corrected chi connectivity index (χ1v) is 7.05. The van der Waals surface area contributed by atoms with Gasteiger partial charge in [-0.05, 0) is 31.0 Å². The normalized spacial score (nSPS) is 16.9. The SMILES string of the molecule is Cc1ccc([C@H](C)NC(=O)N2CCNC(=O)CC2)cc1F. The molecular weight excluding hydrogens is 273 g/mol. The molecule has 1 fully saturated rings. The number of carbonyl (C=O) groups is 2. The Hall–Kier alpha value is -2.11. The summed E-state index contributed by atoms with van der Waals surface area (Å²) in [5.74, 6) is -0.322. The van der Waals surface area contributed by atoms with Crippen molar-refractivity contribution in [2.75, 3.05) is 19.6 Å². The molecule has 1 aliphatic heterocycles.